The number of anilines is 1. The molecule has 1 rings (SSSR count). The Balaban J connectivity index is 2.62. The minimum absolute atomic E-state index is 0.321. The molecule has 18 heavy (non-hydrogen) atoms. The summed E-state index contributed by atoms with van der Waals surface area (Å²) in [7, 11) is 3.78. The van der Waals surface area contributed by atoms with Crippen molar-refractivity contribution in [2.24, 2.45) is 0 Å². The molecule has 0 fully saturated rings. The Labute approximate surface area is 110 Å². The molecule has 0 radical (unpaired) electrons. The number of nitrogens with one attached hydrogen (secondary N) is 1. The Hall–Kier alpha value is -1.13. The second-order valence-corrected chi connectivity index (χ2v) is 4.58. The summed E-state index contributed by atoms with van der Waals surface area (Å²) in [5, 5.41) is 3.37. The third kappa shape index (κ3) is 4.63. The van der Waals surface area contributed by atoms with Gasteiger partial charge in [-0.05, 0) is 32.0 Å². The van der Waals surface area contributed by atoms with Crippen LogP contribution in [-0.2, 0) is 11.3 Å². The molecule has 0 aliphatic carbocycles. The topological polar surface area (TPSA) is 37.4 Å². The smallest absolute Gasteiger partial charge is 0.128 e. The lowest BCUT2D eigenvalue weighted by Crippen LogP contribution is -2.33. The molecule has 0 aliphatic heterocycles. The predicted molar refractivity (Wildman–Crippen MR) is 76.0 cm³/mol. The molecule has 0 aliphatic rings. The zero-order chi connectivity index (χ0) is 13.4. The lowest BCUT2D eigenvalue weighted by molar-refractivity contribution is 0.183. The highest BCUT2D eigenvalue weighted by molar-refractivity contribution is 5.39. The Morgan fingerprint density at radius 1 is 1.44 bits per heavy atom. The van der Waals surface area contributed by atoms with Gasteiger partial charge in [0.25, 0.3) is 0 Å². The van der Waals surface area contributed by atoms with E-state index in [1.165, 1.54) is 0 Å². The van der Waals surface area contributed by atoms with Crippen LogP contribution in [0.3, 0.4) is 0 Å². The molecule has 4 nitrogen and oxygen atoms in total. The molecule has 1 heterocycles. The zero-order valence-electron chi connectivity index (χ0n) is 11.9. The number of hydrogen-bond acceptors (Lipinski definition) is 4. The second-order valence-electron chi connectivity index (χ2n) is 4.58. The van der Waals surface area contributed by atoms with Crippen molar-refractivity contribution < 1.29 is 4.74 Å². The maximum Gasteiger partial charge on any atom is 0.128 e. The number of likely N-dealkylation sites (N-methyl/N-ethyl adjacent to an activating group) is 1. The summed E-state index contributed by atoms with van der Waals surface area (Å²) in [6.07, 6.45) is 1.14. The van der Waals surface area contributed by atoms with Crippen LogP contribution in [0.4, 0.5) is 5.82 Å². The normalized spacial score (nSPS) is 12.4. The van der Waals surface area contributed by atoms with Crippen molar-refractivity contribution >= 4 is 5.82 Å². The third-order valence-corrected chi connectivity index (χ3v) is 2.96. The van der Waals surface area contributed by atoms with Gasteiger partial charge in [0.05, 0.1) is 18.3 Å². The highest BCUT2D eigenvalue weighted by Crippen LogP contribution is 2.12. The van der Waals surface area contributed by atoms with Gasteiger partial charge in [-0.3, -0.25) is 0 Å². The van der Waals surface area contributed by atoms with Crippen LogP contribution in [0.15, 0.2) is 18.2 Å². The van der Waals surface area contributed by atoms with E-state index in [9.17, 15) is 0 Å². The van der Waals surface area contributed by atoms with E-state index in [1.54, 1.807) is 7.11 Å². The lowest BCUT2D eigenvalue weighted by atomic mass is 10.3. The first-order chi connectivity index (χ1) is 8.69. The van der Waals surface area contributed by atoms with Gasteiger partial charge < -0.3 is 15.0 Å². The Bertz CT molecular complexity index is 344. The molecule has 1 atom stereocenters. The van der Waals surface area contributed by atoms with Gasteiger partial charge in [-0.25, -0.2) is 4.98 Å². The summed E-state index contributed by atoms with van der Waals surface area (Å²) in [5.74, 6) is 0.996. The minimum Gasteiger partial charge on any atom is -0.383 e. The summed E-state index contributed by atoms with van der Waals surface area (Å²) in [4.78, 5) is 6.80. The first kappa shape index (κ1) is 14.9. The Morgan fingerprint density at radius 3 is 2.89 bits per heavy atom. The maximum atomic E-state index is 5.17. The van der Waals surface area contributed by atoms with E-state index in [0.717, 1.165) is 31.0 Å². The summed E-state index contributed by atoms with van der Waals surface area (Å²) in [6, 6.07) is 6.47. The molecular formula is C14H25N3O. The number of hydrogen-bond donors (Lipinski definition) is 1. The van der Waals surface area contributed by atoms with Crippen LogP contribution in [-0.4, -0.2) is 38.3 Å². The van der Waals surface area contributed by atoms with Gasteiger partial charge >= 0.3 is 0 Å². The van der Waals surface area contributed by atoms with Gasteiger partial charge in [-0.1, -0.05) is 13.0 Å². The van der Waals surface area contributed by atoms with Crippen LogP contribution >= 0.6 is 0 Å². The molecule has 1 unspecified atom stereocenters. The van der Waals surface area contributed by atoms with Crippen molar-refractivity contribution in [2.75, 3.05) is 32.2 Å². The van der Waals surface area contributed by atoms with E-state index < -0.39 is 0 Å². The van der Waals surface area contributed by atoms with E-state index in [-0.39, 0.29) is 0 Å². The van der Waals surface area contributed by atoms with Crippen LogP contribution in [0.25, 0.3) is 0 Å². The summed E-state index contributed by atoms with van der Waals surface area (Å²) >= 11 is 0. The van der Waals surface area contributed by atoms with E-state index in [4.69, 9.17) is 4.74 Å². The van der Waals surface area contributed by atoms with Crippen molar-refractivity contribution in [1.82, 2.24) is 10.3 Å². The monoisotopic (exact) mass is 251 g/mol. The molecule has 0 spiro atoms. The Kier molecular flexibility index (Phi) is 6.68. The molecular weight excluding hydrogens is 226 g/mol. The number of aromatic nitrogens is 1. The third-order valence-electron chi connectivity index (χ3n) is 2.96. The van der Waals surface area contributed by atoms with Crippen molar-refractivity contribution in [3.63, 3.8) is 0 Å². The van der Waals surface area contributed by atoms with Crippen molar-refractivity contribution in [3.8, 4) is 0 Å². The molecule has 1 aromatic rings. The second kappa shape index (κ2) is 8.06. The molecule has 1 aromatic heterocycles. The van der Waals surface area contributed by atoms with Crippen molar-refractivity contribution in [1.29, 1.82) is 0 Å². The summed E-state index contributed by atoms with van der Waals surface area (Å²) < 4.78 is 5.17. The molecule has 0 saturated heterocycles. The molecule has 1 N–H and O–H groups in total. The van der Waals surface area contributed by atoms with E-state index in [0.29, 0.717) is 12.6 Å². The zero-order valence-corrected chi connectivity index (χ0v) is 11.9. The van der Waals surface area contributed by atoms with Crippen molar-refractivity contribution in [3.05, 3.63) is 23.9 Å². The fourth-order valence-electron chi connectivity index (χ4n) is 1.73. The van der Waals surface area contributed by atoms with Gasteiger partial charge in [-0.15, -0.1) is 0 Å². The van der Waals surface area contributed by atoms with Gasteiger partial charge in [0, 0.05) is 20.7 Å². The number of rotatable bonds is 8. The fraction of sp³-hybridized carbons (Fsp3) is 0.643. The number of methoxy groups -OCH3 is 1. The first-order valence-electron chi connectivity index (χ1n) is 6.57. The first-order valence-corrected chi connectivity index (χ1v) is 6.57. The average Bonchev–Trinajstić information content (AvgIpc) is 2.39. The van der Waals surface area contributed by atoms with Gasteiger partial charge in [0.2, 0.25) is 0 Å². The Morgan fingerprint density at radius 2 is 2.22 bits per heavy atom. The van der Waals surface area contributed by atoms with E-state index in [1.807, 2.05) is 6.07 Å². The lowest BCUT2D eigenvalue weighted by Gasteiger charge is -2.25. The van der Waals surface area contributed by atoms with Crippen LogP contribution in [0.2, 0.25) is 0 Å². The van der Waals surface area contributed by atoms with Crippen LogP contribution < -0.4 is 10.2 Å². The summed E-state index contributed by atoms with van der Waals surface area (Å²) in [6.45, 7) is 6.86. The van der Waals surface area contributed by atoms with Gasteiger partial charge in [-0.2, -0.15) is 0 Å². The van der Waals surface area contributed by atoms with E-state index in [2.05, 4.69) is 48.2 Å². The SMILES string of the molecule is CCCNCc1cccc(N(C)C(C)COC)n1. The molecule has 102 valence electrons. The van der Waals surface area contributed by atoms with Gasteiger partial charge in [0.1, 0.15) is 5.82 Å². The fourth-order valence-corrected chi connectivity index (χ4v) is 1.73. The molecule has 4 heteroatoms. The minimum atomic E-state index is 0.321. The molecule has 0 bridgehead atoms. The van der Waals surface area contributed by atoms with Crippen LogP contribution in [0.1, 0.15) is 26.0 Å². The maximum absolute atomic E-state index is 5.17. The largest absolute Gasteiger partial charge is 0.383 e. The van der Waals surface area contributed by atoms with Gasteiger partial charge in [0.15, 0.2) is 0 Å². The number of nitrogens with zero attached hydrogens (tertiary/aromatic N) is 2. The average molecular weight is 251 g/mol. The molecule has 0 saturated carbocycles. The van der Waals surface area contributed by atoms with E-state index >= 15 is 0 Å². The van der Waals surface area contributed by atoms with Crippen LogP contribution in [0, 0.1) is 0 Å². The highest BCUT2D eigenvalue weighted by Gasteiger charge is 2.10. The van der Waals surface area contributed by atoms with Crippen molar-refractivity contribution in [2.45, 2.75) is 32.9 Å². The standard InChI is InChI=1S/C14H25N3O/c1-5-9-15-10-13-7-6-8-14(16-13)17(3)12(2)11-18-4/h6-8,12,15H,5,9-11H2,1-4H3. The highest BCUT2D eigenvalue weighted by atomic mass is 16.5. The van der Waals surface area contributed by atoms with Crippen LogP contribution in [0.5, 0.6) is 0 Å². The number of ether oxygens (including phenoxy) is 1. The quantitative estimate of drug-likeness (QED) is 0.718. The predicted octanol–water partition coefficient (Wildman–Crippen LogP) is 2.05. The summed E-state index contributed by atoms with van der Waals surface area (Å²) in [5.41, 5.74) is 1.08. The number of pyridine rings is 1. The molecule has 0 aromatic carbocycles. The molecule has 0 amide bonds.